The van der Waals surface area contributed by atoms with Gasteiger partial charge < -0.3 is 52.6 Å². The summed E-state index contributed by atoms with van der Waals surface area (Å²) in [7, 11) is 0. The number of hydrogen-bond acceptors (Lipinski definition) is 15. The molecule has 5 aromatic rings. The lowest BCUT2D eigenvalue weighted by molar-refractivity contribution is -0.140. The van der Waals surface area contributed by atoms with E-state index in [1.165, 1.54) is 13.8 Å². The number of nitrogen functional groups attached to an aromatic ring is 2. The van der Waals surface area contributed by atoms with E-state index in [4.69, 9.17) is 23.6 Å². The zero-order valence-corrected chi connectivity index (χ0v) is 36.2. The first-order valence-corrected chi connectivity index (χ1v) is 20.7. The van der Waals surface area contributed by atoms with Gasteiger partial charge in [-0.05, 0) is 86.9 Å². The summed E-state index contributed by atoms with van der Waals surface area (Å²) in [5, 5.41) is 23.5. The third-order valence-corrected chi connectivity index (χ3v) is 10.5. The highest BCUT2D eigenvalue weighted by Gasteiger charge is 2.25. The van der Waals surface area contributed by atoms with Crippen molar-refractivity contribution in [1.29, 1.82) is 0 Å². The summed E-state index contributed by atoms with van der Waals surface area (Å²) in [6.45, 7) is 2.75. The molecule has 3 aromatic heterocycles. The number of carbonyl (C=O) groups is 7. The predicted molar refractivity (Wildman–Crippen MR) is 243 cm³/mol. The second-order valence-corrected chi connectivity index (χ2v) is 15.6. The molecule has 20 heteroatoms. The maximum atomic E-state index is 12.5. The van der Waals surface area contributed by atoms with Crippen LogP contribution in [0.15, 0.2) is 65.9 Å². The molecule has 0 radical (unpaired) electrons. The van der Waals surface area contributed by atoms with Crippen molar-refractivity contribution in [3.63, 3.8) is 0 Å². The van der Waals surface area contributed by atoms with Crippen molar-refractivity contribution >= 4 is 75.7 Å². The smallest absolute Gasteiger partial charge is 0.326 e. The second-order valence-electron chi connectivity index (χ2n) is 15.6. The van der Waals surface area contributed by atoms with Crippen LogP contribution in [0.3, 0.4) is 0 Å². The number of hydrogen-bond donors (Lipinski definition) is 8. The van der Waals surface area contributed by atoms with E-state index in [0.717, 1.165) is 16.7 Å². The Labute approximate surface area is 378 Å². The van der Waals surface area contributed by atoms with Gasteiger partial charge in [-0.25, -0.2) is 24.5 Å². The second kappa shape index (κ2) is 22.3. The zero-order valence-electron chi connectivity index (χ0n) is 36.2. The average Bonchev–Trinajstić information content (AvgIpc) is 3.68. The van der Waals surface area contributed by atoms with Crippen LogP contribution in [0.2, 0.25) is 0 Å². The van der Waals surface area contributed by atoms with Crippen LogP contribution in [0.1, 0.15) is 112 Å². The Morgan fingerprint density at radius 3 is 1.94 bits per heavy atom. The van der Waals surface area contributed by atoms with Gasteiger partial charge >= 0.3 is 11.9 Å². The minimum atomic E-state index is -1.20. The summed E-state index contributed by atoms with van der Waals surface area (Å²) >= 11 is 0. The zero-order chi connectivity index (χ0) is 48.1. The predicted octanol–water partition coefficient (Wildman–Crippen LogP) is 3.41. The van der Waals surface area contributed by atoms with Gasteiger partial charge in [0.25, 0.3) is 11.8 Å². The first-order valence-electron chi connectivity index (χ1n) is 20.7. The number of rotatable bonds is 19. The molecular weight excluding hydrogens is 851 g/mol. The van der Waals surface area contributed by atoms with Crippen molar-refractivity contribution in [2.45, 2.75) is 89.6 Å². The number of nitrogens with zero attached hydrogens (tertiary/aromatic N) is 5. The number of carbonyl (C=O) groups excluding carboxylic acids is 5. The van der Waals surface area contributed by atoms with Gasteiger partial charge in [0.05, 0.1) is 17.7 Å². The molecule has 1 unspecified atom stereocenters. The average molecular weight is 900 g/mol. The number of carboxylic acid groups (broad SMARTS) is 2. The number of benzene rings is 2. The van der Waals surface area contributed by atoms with Crippen LogP contribution in [-0.2, 0) is 38.4 Å². The monoisotopic (exact) mass is 899 g/mol. The molecule has 0 saturated heterocycles. The number of aliphatic imine (C=N–C) groups is 1. The first-order chi connectivity index (χ1) is 31.4. The van der Waals surface area contributed by atoms with E-state index in [1.807, 2.05) is 0 Å². The molecule has 2 amide bonds. The van der Waals surface area contributed by atoms with E-state index in [2.05, 4.69) is 46.5 Å². The SMILES string of the molecule is C#CCC(Cc1cnc2c(N)nc(N)nc2n1)c1ccc(C(=O)N[C@@H](CCC(C)=O)C(=O)O)cc1.CC(=O)CC[C@H](NC(=O)c1ccc(CCc2c[nH]c3c2C(=O)CC(N)=N3)cc1)C(=O)O. The topological polar surface area (TPSA) is 342 Å². The van der Waals surface area contributed by atoms with Crippen molar-refractivity contribution in [1.82, 2.24) is 35.6 Å². The van der Waals surface area contributed by atoms with Crippen LogP contribution in [-0.4, -0.2) is 94.2 Å². The third kappa shape index (κ3) is 13.3. The molecule has 0 saturated carbocycles. The molecule has 6 rings (SSSR count). The highest BCUT2D eigenvalue weighted by atomic mass is 16.4. The van der Waals surface area contributed by atoms with E-state index >= 15 is 0 Å². The highest BCUT2D eigenvalue weighted by Crippen LogP contribution is 2.29. The van der Waals surface area contributed by atoms with E-state index in [9.17, 15) is 43.8 Å². The number of amidine groups is 1. The summed E-state index contributed by atoms with van der Waals surface area (Å²) in [5.74, 6) is -0.297. The minimum absolute atomic E-state index is 0.00178. The number of Topliss-reactive ketones (excluding diaryl/α,β-unsaturated/α-hetero) is 3. The maximum absolute atomic E-state index is 12.5. The fourth-order valence-corrected chi connectivity index (χ4v) is 6.97. The molecule has 66 heavy (non-hydrogen) atoms. The number of nitrogens with one attached hydrogen (secondary N) is 3. The molecule has 0 aliphatic carbocycles. The van der Waals surface area contributed by atoms with Crippen LogP contribution in [0.25, 0.3) is 11.2 Å². The molecule has 0 spiro atoms. The molecule has 0 fully saturated rings. The number of aromatic nitrogens is 5. The summed E-state index contributed by atoms with van der Waals surface area (Å²) in [4.78, 5) is 106. The molecule has 4 heterocycles. The van der Waals surface area contributed by atoms with Crippen LogP contribution < -0.4 is 27.8 Å². The van der Waals surface area contributed by atoms with Gasteiger partial charge in [-0.1, -0.05) is 24.3 Å². The van der Waals surface area contributed by atoms with Crippen LogP contribution in [0.4, 0.5) is 17.6 Å². The van der Waals surface area contributed by atoms with Crippen molar-refractivity contribution in [3.8, 4) is 12.3 Å². The molecular formula is C46H49N11O9. The number of ketones is 3. The number of terminal acetylenes is 1. The largest absolute Gasteiger partial charge is 0.480 e. The molecule has 342 valence electrons. The minimum Gasteiger partial charge on any atom is -0.480 e. The van der Waals surface area contributed by atoms with Crippen molar-refractivity contribution in [2.75, 3.05) is 11.5 Å². The van der Waals surface area contributed by atoms with Gasteiger partial charge in [0.2, 0.25) is 5.95 Å². The lowest BCUT2D eigenvalue weighted by Gasteiger charge is -2.16. The molecule has 0 bridgehead atoms. The standard InChI is InChI=1S/C24H25N7O4.C22H24N4O5/c1-3-4-16(11-17-12-27-19-20(25)30-24(26)31-21(19)28-17)14-6-8-15(9-7-14)22(33)29-18(23(34)35)10-5-13(2)32;1-12(27)2-9-16(22(30)31)25-21(29)14-6-3-13(4-7-14)5-8-15-11-24-20-19(15)17(28)10-18(23)26-20/h1,6-9,12,16,18H,4-5,10-11H2,2H3,(H,29,33)(H,34,35)(H4,25,26,28,30,31);3-4,6-7,11,16,24H,2,5,8-10H2,1H3,(H2,23,26)(H,25,29)(H,30,31)/t16?,18-;16-/m00/s1. The summed E-state index contributed by atoms with van der Waals surface area (Å²) in [5.41, 5.74) is 22.3. The molecule has 1 aliphatic heterocycles. The van der Waals surface area contributed by atoms with Gasteiger partial charge in [0.1, 0.15) is 40.8 Å². The third-order valence-electron chi connectivity index (χ3n) is 10.5. The van der Waals surface area contributed by atoms with E-state index < -0.39 is 35.8 Å². The number of amides is 2. The molecule has 3 atom stereocenters. The lowest BCUT2D eigenvalue weighted by atomic mass is 9.91. The number of H-pyrrole nitrogens is 1. The summed E-state index contributed by atoms with van der Waals surface area (Å²) in [6, 6.07) is 11.3. The normalized spacial score (nSPS) is 13.1. The van der Waals surface area contributed by atoms with Crippen LogP contribution in [0, 0.1) is 12.3 Å². The van der Waals surface area contributed by atoms with Crippen LogP contribution in [0.5, 0.6) is 0 Å². The number of aryl methyl sites for hydroxylation is 2. The maximum Gasteiger partial charge on any atom is 0.326 e. The van der Waals surface area contributed by atoms with Gasteiger partial charge in [0.15, 0.2) is 17.2 Å². The number of anilines is 2. The fraction of sp³-hybridized carbons (Fsp3) is 0.304. The number of fused-ring (bicyclic) bond motifs is 2. The quantitative estimate of drug-likeness (QED) is 0.0550. The van der Waals surface area contributed by atoms with Crippen molar-refractivity contribution in [3.05, 3.63) is 100.0 Å². The number of carboxylic acids is 2. The Kier molecular flexibility index (Phi) is 16.5. The molecule has 20 nitrogen and oxygen atoms in total. The molecule has 2 aromatic carbocycles. The Hall–Kier alpha value is -8.34. The molecule has 1 aliphatic rings. The van der Waals surface area contributed by atoms with E-state index in [0.29, 0.717) is 59.7 Å². The number of aromatic amines is 1. The number of aliphatic carboxylic acids is 2. The van der Waals surface area contributed by atoms with Crippen molar-refractivity contribution in [2.24, 2.45) is 10.7 Å². The van der Waals surface area contributed by atoms with Gasteiger partial charge in [0, 0.05) is 48.7 Å². The van der Waals surface area contributed by atoms with E-state index in [-0.39, 0.29) is 78.3 Å². The Morgan fingerprint density at radius 2 is 1.39 bits per heavy atom. The van der Waals surface area contributed by atoms with Crippen molar-refractivity contribution < 1.29 is 43.8 Å². The van der Waals surface area contributed by atoms with Gasteiger partial charge in [-0.3, -0.25) is 14.4 Å². The summed E-state index contributed by atoms with van der Waals surface area (Å²) < 4.78 is 0. The fourth-order valence-electron chi connectivity index (χ4n) is 6.97. The van der Waals surface area contributed by atoms with Crippen LogP contribution >= 0.6 is 0 Å². The highest BCUT2D eigenvalue weighted by molar-refractivity contribution is 6.15. The lowest BCUT2D eigenvalue weighted by Crippen LogP contribution is -2.41. The summed E-state index contributed by atoms with van der Waals surface area (Å²) in [6.07, 6.45) is 11.4. The number of nitrogens with two attached hydrogens (primary N) is 3. The first kappa shape index (κ1) is 48.7. The van der Waals surface area contributed by atoms with Gasteiger partial charge in [-0.15, -0.1) is 12.3 Å². The van der Waals surface area contributed by atoms with Gasteiger partial charge in [-0.2, -0.15) is 9.97 Å². The Morgan fingerprint density at radius 1 is 0.818 bits per heavy atom. The Balaban J connectivity index is 0.000000249. The molecule has 11 N–H and O–H groups in total. The Bertz CT molecular complexity index is 2730. The van der Waals surface area contributed by atoms with E-state index in [1.54, 1.807) is 60.9 Å².